The van der Waals surface area contributed by atoms with Crippen molar-refractivity contribution in [3.63, 3.8) is 0 Å². The minimum atomic E-state index is 0.743. The fraction of sp³-hybridized carbons (Fsp3) is 0.769. The molecule has 0 amide bonds. The summed E-state index contributed by atoms with van der Waals surface area (Å²) in [6.07, 6.45) is 4.45. The van der Waals surface area contributed by atoms with Gasteiger partial charge in [0.15, 0.2) is 0 Å². The molecule has 0 atom stereocenters. The standard InChI is InChI=1S/C26H52N8/c27-9-1-11-31-17-21-33(19-2-10-28)23-25-5-7-26(8-6-25)24-34-20-4-14-30-16-15-29-12-3-13-32-18-22-34/h5-8,29-32H,1-4,9-24,27-28H2. The molecule has 196 valence electrons. The molecule has 1 aromatic rings. The lowest BCUT2D eigenvalue weighted by molar-refractivity contribution is 0.259. The molecule has 1 aromatic carbocycles. The molecule has 0 aromatic heterocycles. The summed E-state index contributed by atoms with van der Waals surface area (Å²) in [4.78, 5) is 5.10. The predicted molar refractivity (Wildman–Crippen MR) is 145 cm³/mol. The van der Waals surface area contributed by atoms with Gasteiger partial charge in [-0.2, -0.15) is 0 Å². The van der Waals surface area contributed by atoms with Crippen molar-refractivity contribution < 1.29 is 0 Å². The van der Waals surface area contributed by atoms with Crippen molar-refractivity contribution in [1.82, 2.24) is 31.1 Å². The van der Waals surface area contributed by atoms with Crippen molar-refractivity contribution in [3.05, 3.63) is 35.4 Å². The average Bonchev–Trinajstić information content (AvgIpc) is 2.85. The first-order chi connectivity index (χ1) is 16.8. The molecule has 0 aliphatic carbocycles. The zero-order chi connectivity index (χ0) is 24.1. The summed E-state index contributed by atoms with van der Waals surface area (Å²) in [5.41, 5.74) is 14.1. The van der Waals surface area contributed by atoms with Gasteiger partial charge in [-0.15, -0.1) is 0 Å². The minimum absolute atomic E-state index is 0.743. The third kappa shape index (κ3) is 14.3. The Morgan fingerprint density at radius 1 is 0.735 bits per heavy atom. The third-order valence-electron chi connectivity index (χ3n) is 6.29. The van der Waals surface area contributed by atoms with Gasteiger partial charge in [-0.1, -0.05) is 24.3 Å². The van der Waals surface area contributed by atoms with Gasteiger partial charge in [0.25, 0.3) is 0 Å². The topological polar surface area (TPSA) is 107 Å². The molecule has 0 saturated carbocycles. The largest absolute Gasteiger partial charge is 0.330 e. The molecule has 1 fully saturated rings. The smallest absolute Gasteiger partial charge is 0.0234 e. The van der Waals surface area contributed by atoms with Crippen molar-refractivity contribution in [2.75, 3.05) is 91.6 Å². The summed E-state index contributed by atoms with van der Waals surface area (Å²) in [6.45, 7) is 16.2. The molecule has 0 radical (unpaired) electrons. The first-order valence-corrected chi connectivity index (χ1v) is 13.6. The van der Waals surface area contributed by atoms with Crippen LogP contribution >= 0.6 is 0 Å². The van der Waals surface area contributed by atoms with Gasteiger partial charge in [0.05, 0.1) is 0 Å². The zero-order valence-corrected chi connectivity index (χ0v) is 21.5. The van der Waals surface area contributed by atoms with Gasteiger partial charge < -0.3 is 32.7 Å². The molecule has 0 unspecified atom stereocenters. The van der Waals surface area contributed by atoms with Crippen molar-refractivity contribution in [2.24, 2.45) is 11.5 Å². The monoisotopic (exact) mass is 476 g/mol. The molecule has 1 aliphatic rings. The van der Waals surface area contributed by atoms with Gasteiger partial charge in [-0.25, -0.2) is 0 Å². The van der Waals surface area contributed by atoms with E-state index in [9.17, 15) is 0 Å². The van der Waals surface area contributed by atoms with Gasteiger partial charge in [-0.05, 0) is 89.2 Å². The predicted octanol–water partition coefficient (Wildman–Crippen LogP) is 0.140. The summed E-state index contributed by atoms with van der Waals surface area (Å²) in [6, 6.07) is 9.25. The van der Waals surface area contributed by atoms with Crippen LogP contribution in [0.3, 0.4) is 0 Å². The first kappa shape index (κ1) is 29.1. The van der Waals surface area contributed by atoms with E-state index in [2.05, 4.69) is 55.3 Å². The van der Waals surface area contributed by atoms with E-state index in [-0.39, 0.29) is 0 Å². The van der Waals surface area contributed by atoms with Crippen molar-refractivity contribution in [1.29, 1.82) is 0 Å². The Morgan fingerprint density at radius 2 is 1.41 bits per heavy atom. The molecule has 1 aliphatic heterocycles. The molecule has 0 spiro atoms. The fourth-order valence-corrected chi connectivity index (χ4v) is 4.27. The highest BCUT2D eigenvalue weighted by atomic mass is 15.1. The van der Waals surface area contributed by atoms with Crippen LogP contribution in [0.2, 0.25) is 0 Å². The average molecular weight is 477 g/mol. The van der Waals surface area contributed by atoms with E-state index >= 15 is 0 Å². The lowest BCUT2D eigenvalue weighted by Gasteiger charge is -2.24. The molecular weight excluding hydrogens is 424 g/mol. The van der Waals surface area contributed by atoms with E-state index in [1.165, 1.54) is 24.0 Å². The Hall–Kier alpha value is -1.10. The maximum Gasteiger partial charge on any atom is 0.0234 e. The molecular formula is C26H52N8. The highest BCUT2D eigenvalue weighted by Crippen LogP contribution is 2.11. The van der Waals surface area contributed by atoms with E-state index < -0.39 is 0 Å². The van der Waals surface area contributed by atoms with E-state index in [0.29, 0.717) is 0 Å². The maximum atomic E-state index is 5.77. The number of hydrogen-bond acceptors (Lipinski definition) is 8. The van der Waals surface area contributed by atoms with Crippen molar-refractivity contribution in [3.8, 4) is 0 Å². The van der Waals surface area contributed by atoms with Gasteiger partial charge in [0.1, 0.15) is 0 Å². The maximum absolute atomic E-state index is 5.77. The normalized spacial score (nSPS) is 17.6. The van der Waals surface area contributed by atoms with Crippen LogP contribution in [0.25, 0.3) is 0 Å². The number of nitrogens with one attached hydrogen (secondary N) is 4. The van der Waals surface area contributed by atoms with Crippen LogP contribution in [0.5, 0.6) is 0 Å². The summed E-state index contributed by atoms with van der Waals surface area (Å²) >= 11 is 0. The quantitative estimate of drug-likeness (QED) is 0.223. The van der Waals surface area contributed by atoms with Crippen LogP contribution in [0.1, 0.15) is 36.8 Å². The summed E-state index contributed by atoms with van der Waals surface area (Å²) < 4.78 is 0. The van der Waals surface area contributed by atoms with E-state index in [1.54, 1.807) is 0 Å². The lowest BCUT2D eigenvalue weighted by Crippen LogP contribution is -2.36. The minimum Gasteiger partial charge on any atom is -0.330 e. The van der Waals surface area contributed by atoms with Gasteiger partial charge >= 0.3 is 0 Å². The van der Waals surface area contributed by atoms with Gasteiger partial charge in [0, 0.05) is 52.4 Å². The Labute approximate surface area is 208 Å². The van der Waals surface area contributed by atoms with E-state index in [0.717, 1.165) is 118 Å². The van der Waals surface area contributed by atoms with Crippen LogP contribution in [-0.4, -0.2) is 101 Å². The summed E-state index contributed by atoms with van der Waals surface area (Å²) in [7, 11) is 0. The van der Waals surface area contributed by atoms with Crippen LogP contribution < -0.4 is 32.7 Å². The number of hydrogen-bond donors (Lipinski definition) is 6. The Balaban J connectivity index is 1.82. The van der Waals surface area contributed by atoms with Crippen molar-refractivity contribution >= 4 is 0 Å². The van der Waals surface area contributed by atoms with Crippen LogP contribution in [0.15, 0.2) is 24.3 Å². The summed E-state index contributed by atoms with van der Waals surface area (Å²) in [5.74, 6) is 0. The van der Waals surface area contributed by atoms with Gasteiger partial charge in [0.2, 0.25) is 0 Å². The second-order valence-corrected chi connectivity index (χ2v) is 9.36. The van der Waals surface area contributed by atoms with E-state index in [4.69, 9.17) is 11.5 Å². The molecule has 1 heterocycles. The second-order valence-electron chi connectivity index (χ2n) is 9.36. The Morgan fingerprint density at radius 3 is 2.15 bits per heavy atom. The Kier molecular flexibility index (Phi) is 17.2. The zero-order valence-electron chi connectivity index (χ0n) is 21.5. The fourth-order valence-electron chi connectivity index (χ4n) is 4.27. The first-order valence-electron chi connectivity index (χ1n) is 13.6. The molecule has 8 N–H and O–H groups in total. The number of nitrogens with two attached hydrogens (primary N) is 2. The molecule has 8 nitrogen and oxygen atoms in total. The van der Waals surface area contributed by atoms with Crippen LogP contribution in [0.4, 0.5) is 0 Å². The molecule has 2 rings (SSSR count). The number of rotatable bonds is 13. The number of benzene rings is 1. The molecule has 0 bridgehead atoms. The molecule has 8 heteroatoms. The third-order valence-corrected chi connectivity index (χ3v) is 6.29. The Bertz CT molecular complexity index is 569. The lowest BCUT2D eigenvalue weighted by atomic mass is 10.1. The van der Waals surface area contributed by atoms with Crippen LogP contribution in [0, 0.1) is 0 Å². The highest BCUT2D eigenvalue weighted by Gasteiger charge is 2.09. The molecule has 34 heavy (non-hydrogen) atoms. The summed E-state index contributed by atoms with van der Waals surface area (Å²) in [5, 5.41) is 14.2. The SMILES string of the molecule is NCCCNCCN(CCCN)Cc1ccc(CN2CCCNCCNCCCNCC2)cc1. The second kappa shape index (κ2) is 20.1. The molecule has 1 saturated heterocycles. The number of nitrogens with zero attached hydrogens (tertiary/aromatic N) is 2. The van der Waals surface area contributed by atoms with Gasteiger partial charge in [-0.3, -0.25) is 9.80 Å². The van der Waals surface area contributed by atoms with Crippen molar-refractivity contribution in [2.45, 2.75) is 38.8 Å². The highest BCUT2D eigenvalue weighted by molar-refractivity contribution is 5.22. The van der Waals surface area contributed by atoms with E-state index in [1.807, 2.05) is 0 Å². The van der Waals surface area contributed by atoms with Crippen LogP contribution in [-0.2, 0) is 13.1 Å².